The normalized spacial score (nSPS) is 26.3. The molecule has 0 amide bonds. The Balaban J connectivity index is 2.07. The second kappa shape index (κ2) is 6.44. The van der Waals surface area contributed by atoms with Crippen LogP contribution in [0.1, 0.15) is 58.2 Å². The highest BCUT2D eigenvalue weighted by Crippen LogP contribution is 2.24. The fraction of sp³-hybridized carbons (Fsp3) is 0.667. The number of hydrazine groups is 1. The lowest BCUT2D eigenvalue weighted by Crippen LogP contribution is -2.53. The third kappa shape index (κ3) is 3.51. The van der Waals surface area contributed by atoms with Crippen molar-refractivity contribution in [2.45, 2.75) is 64.6 Å². The molecule has 1 aromatic heterocycles. The summed E-state index contributed by atoms with van der Waals surface area (Å²) in [5, 5.41) is 2.35. The molecular weight excluding hydrogens is 241 g/mol. The van der Waals surface area contributed by atoms with Crippen LogP contribution in [0, 0.1) is 5.82 Å². The quantitative estimate of drug-likeness (QED) is 0.904. The minimum absolute atomic E-state index is 0.156. The van der Waals surface area contributed by atoms with Crippen LogP contribution in [-0.4, -0.2) is 22.1 Å². The van der Waals surface area contributed by atoms with Gasteiger partial charge in [0, 0.05) is 12.1 Å². The van der Waals surface area contributed by atoms with Gasteiger partial charge < -0.3 is 0 Å². The summed E-state index contributed by atoms with van der Waals surface area (Å²) in [6.45, 7) is 6.64. The number of piperidine rings is 1. The average Bonchev–Trinajstić information content (AvgIpc) is 2.40. The molecule has 0 aromatic carbocycles. The average molecular weight is 265 g/mol. The third-order valence-corrected chi connectivity index (χ3v) is 4.01. The van der Waals surface area contributed by atoms with Gasteiger partial charge in [-0.05, 0) is 45.2 Å². The van der Waals surface area contributed by atoms with E-state index in [4.69, 9.17) is 0 Å². The standard InChI is InChI=1S/C15H24FN3/c1-4-14(15-9-8-13(16)10-17-15)18-19-11(2)6-5-7-12(19)3/h8-12,14,18H,4-7H2,1-3H3. The first-order valence-corrected chi connectivity index (χ1v) is 7.27. The fourth-order valence-electron chi connectivity index (χ4n) is 2.82. The van der Waals surface area contributed by atoms with Crippen molar-refractivity contribution in [3.8, 4) is 0 Å². The molecule has 3 nitrogen and oxygen atoms in total. The van der Waals surface area contributed by atoms with Gasteiger partial charge in [-0.2, -0.15) is 0 Å². The van der Waals surface area contributed by atoms with E-state index in [2.05, 4.69) is 36.2 Å². The van der Waals surface area contributed by atoms with Crippen molar-refractivity contribution in [1.29, 1.82) is 0 Å². The number of aromatic nitrogens is 1. The zero-order valence-corrected chi connectivity index (χ0v) is 12.1. The van der Waals surface area contributed by atoms with Gasteiger partial charge in [0.05, 0.1) is 17.9 Å². The monoisotopic (exact) mass is 265 g/mol. The van der Waals surface area contributed by atoms with Gasteiger partial charge in [0.2, 0.25) is 0 Å². The van der Waals surface area contributed by atoms with Gasteiger partial charge in [0.1, 0.15) is 5.82 Å². The Morgan fingerprint density at radius 3 is 2.58 bits per heavy atom. The lowest BCUT2D eigenvalue weighted by Gasteiger charge is -2.41. The summed E-state index contributed by atoms with van der Waals surface area (Å²) < 4.78 is 12.9. The summed E-state index contributed by atoms with van der Waals surface area (Å²) in [7, 11) is 0. The Morgan fingerprint density at radius 1 is 1.37 bits per heavy atom. The van der Waals surface area contributed by atoms with Gasteiger partial charge in [0.15, 0.2) is 0 Å². The number of halogens is 1. The van der Waals surface area contributed by atoms with E-state index in [1.165, 1.54) is 31.5 Å². The highest BCUT2D eigenvalue weighted by atomic mass is 19.1. The van der Waals surface area contributed by atoms with E-state index in [0.717, 1.165) is 12.1 Å². The Morgan fingerprint density at radius 2 is 2.05 bits per heavy atom. The number of rotatable bonds is 4. The highest BCUT2D eigenvalue weighted by molar-refractivity contribution is 5.09. The molecular formula is C15H24FN3. The van der Waals surface area contributed by atoms with Crippen LogP contribution < -0.4 is 5.43 Å². The number of nitrogens with one attached hydrogen (secondary N) is 1. The molecule has 3 unspecified atom stereocenters. The minimum atomic E-state index is -0.279. The summed E-state index contributed by atoms with van der Waals surface area (Å²) in [4.78, 5) is 4.20. The topological polar surface area (TPSA) is 28.2 Å². The van der Waals surface area contributed by atoms with E-state index in [1.54, 1.807) is 6.07 Å². The first kappa shape index (κ1) is 14.4. The summed E-state index contributed by atoms with van der Waals surface area (Å²) in [5.74, 6) is -0.279. The van der Waals surface area contributed by atoms with Crippen LogP contribution in [0.15, 0.2) is 18.3 Å². The third-order valence-electron chi connectivity index (χ3n) is 4.01. The Labute approximate surface area is 115 Å². The Kier molecular flexibility index (Phi) is 4.88. The number of pyridine rings is 1. The smallest absolute Gasteiger partial charge is 0.141 e. The van der Waals surface area contributed by atoms with Gasteiger partial charge in [-0.15, -0.1) is 0 Å². The first-order chi connectivity index (χ1) is 9.11. The van der Waals surface area contributed by atoms with E-state index < -0.39 is 0 Å². The van der Waals surface area contributed by atoms with Gasteiger partial charge in [-0.1, -0.05) is 13.3 Å². The van der Waals surface area contributed by atoms with Crippen molar-refractivity contribution in [1.82, 2.24) is 15.4 Å². The van der Waals surface area contributed by atoms with Crippen LogP contribution in [0.2, 0.25) is 0 Å². The van der Waals surface area contributed by atoms with E-state index in [0.29, 0.717) is 12.1 Å². The fourth-order valence-corrected chi connectivity index (χ4v) is 2.82. The van der Waals surface area contributed by atoms with Crippen LogP contribution >= 0.6 is 0 Å². The molecule has 2 heterocycles. The lowest BCUT2D eigenvalue weighted by atomic mass is 9.99. The summed E-state index contributed by atoms with van der Waals surface area (Å²) >= 11 is 0. The molecule has 4 heteroatoms. The van der Waals surface area contributed by atoms with Crippen molar-refractivity contribution >= 4 is 0 Å². The largest absolute Gasteiger partial charge is 0.257 e. The van der Waals surface area contributed by atoms with Crippen molar-refractivity contribution in [3.63, 3.8) is 0 Å². The molecule has 2 rings (SSSR count). The van der Waals surface area contributed by atoms with E-state index in [1.807, 2.05) is 0 Å². The van der Waals surface area contributed by atoms with Gasteiger partial charge >= 0.3 is 0 Å². The summed E-state index contributed by atoms with van der Waals surface area (Å²) in [6.07, 6.45) is 5.98. The van der Waals surface area contributed by atoms with Gasteiger partial charge in [-0.25, -0.2) is 14.8 Å². The van der Waals surface area contributed by atoms with Crippen molar-refractivity contribution in [3.05, 3.63) is 29.8 Å². The molecule has 0 saturated carbocycles. The molecule has 0 spiro atoms. The van der Waals surface area contributed by atoms with E-state index in [-0.39, 0.29) is 11.9 Å². The van der Waals surface area contributed by atoms with E-state index >= 15 is 0 Å². The zero-order chi connectivity index (χ0) is 13.8. The highest BCUT2D eigenvalue weighted by Gasteiger charge is 2.27. The molecule has 1 aromatic rings. The number of hydrogen-bond donors (Lipinski definition) is 1. The molecule has 1 saturated heterocycles. The lowest BCUT2D eigenvalue weighted by molar-refractivity contribution is 0.0276. The van der Waals surface area contributed by atoms with E-state index in [9.17, 15) is 4.39 Å². The molecule has 1 aliphatic heterocycles. The number of nitrogens with zero attached hydrogens (tertiary/aromatic N) is 2. The minimum Gasteiger partial charge on any atom is -0.257 e. The van der Waals surface area contributed by atoms with Gasteiger partial charge in [0.25, 0.3) is 0 Å². The van der Waals surface area contributed by atoms with Crippen LogP contribution in [0.25, 0.3) is 0 Å². The Hall–Kier alpha value is -1.00. The Bertz CT molecular complexity index is 383. The summed E-state index contributed by atoms with van der Waals surface area (Å²) in [6, 6.07) is 4.49. The first-order valence-electron chi connectivity index (χ1n) is 7.27. The van der Waals surface area contributed by atoms with Gasteiger partial charge in [-0.3, -0.25) is 4.98 Å². The van der Waals surface area contributed by atoms with Crippen LogP contribution in [0.5, 0.6) is 0 Å². The van der Waals surface area contributed by atoms with Crippen LogP contribution in [-0.2, 0) is 0 Å². The molecule has 1 fully saturated rings. The SMILES string of the molecule is CCC(NN1C(C)CCCC1C)c1ccc(F)cn1. The molecule has 19 heavy (non-hydrogen) atoms. The van der Waals surface area contributed by atoms with Crippen LogP contribution in [0.4, 0.5) is 4.39 Å². The maximum atomic E-state index is 12.9. The molecule has 1 N–H and O–H groups in total. The second-order valence-corrected chi connectivity index (χ2v) is 5.53. The maximum Gasteiger partial charge on any atom is 0.141 e. The van der Waals surface area contributed by atoms with Crippen molar-refractivity contribution in [2.75, 3.05) is 0 Å². The molecule has 3 atom stereocenters. The second-order valence-electron chi connectivity index (χ2n) is 5.53. The maximum absolute atomic E-state index is 12.9. The zero-order valence-electron chi connectivity index (χ0n) is 12.1. The van der Waals surface area contributed by atoms with Crippen molar-refractivity contribution < 1.29 is 4.39 Å². The summed E-state index contributed by atoms with van der Waals surface area (Å²) in [5.41, 5.74) is 4.50. The molecule has 106 valence electrons. The molecule has 0 aliphatic carbocycles. The predicted octanol–water partition coefficient (Wildman–Crippen LogP) is 3.44. The molecule has 0 bridgehead atoms. The molecule has 0 radical (unpaired) electrons. The number of hydrogen-bond acceptors (Lipinski definition) is 3. The van der Waals surface area contributed by atoms with Crippen molar-refractivity contribution in [2.24, 2.45) is 0 Å². The predicted molar refractivity (Wildman–Crippen MR) is 75.0 cm³/mol. The molecule has 1 aliphatic rings. The van der Waals surface area contributed by atoms with Crippen LogP contribution in [0.3, 0.4) is 0 Å².